The molecule has 0 aliphatic carbocycles. The average Bonchev–Trinajstić information content (AvgIpc) is 3.22. The first kappa shape index (κ1) is 23.8. The molecule has 2 heterocycles. The summed E-state index contributed by atoms with van der Waals surface area (Å²) in [6, 6.07) is 7.31. The smallest absolute Gasteiger partial charge is 0.188 e. The lowest BCUT2D eigenvalue weighted by Gasteiger charge is -2.08. The molecule has 0 unspecified atom stereocenters. The number of thiazole rings is 1. The molecule has 3 rings (SSSR count). The van der Waals surface area contributed by atoms with Crippen LogP contribution >= 0.6 is 22.9 Å². The molecule has 3 aromatic rings. The van der Waals surface area contributed by atoms with Gasteiger partial charge >= 0.3 is 0 Å². The summed E-state index contributed by atoms with van der Waals surface area (Å²) in [5.74, 6) is 1.48. The second-order valence-electron chi connectivity index (χ2n) is 7.20. The first-order valence-electron chi connectivity index (χ1n) is 10.1. The molecule has 0 fully saturated rings. The lowest BCUT2D eigenvalue weighted by molar-refractivity contribution is -0.121. The summed E-state index contributed by atoms with van der Waals surface area (Å²) in [6.07, 6.45) is 2.66. The predicted octanol–water partition coefficient (Wildman–Crippen LogP) is 4.13. The van der Waals surface area contributed by atoms with Gasteiger partial charge in [0.15, 0.2) is 16.7 Å². The molecule has 0 aliphatic heterocycles. The zero-order chi connectivity index (χ0) is 23.1. The van der Waals surface area contributed by atoms with Gasteiger partial charge in [0.2, 0.25) is 0 Å². The predicted molar refractivity (Wildman–Crippen MR) is 126 cm³/mol. The average molecular weight is 474 g/mol. The fourth-order valence-electron chi connectivity index (χ4n) is 3.01. The van der Waals surface area contributed by atoms with Crippen molar-refractivity contribution in [1.82, 2.24) is 15.0 Å². The minimum Gasteiger partial charge on any atom is -0.389 e. The van der Waals surface area contributed by atoms with Crippen molar-refractivity contribution in [2.24, 2.45) is 0 Å². The number of carbonyl (C=O) groups excluding carboxylic acids is 2. The van der Waals surface area contributed by atoms with Crippen LogP contribution in [0.4, 0.5) is 16.8 Å². The number of benzene rings is 1. The van der Waals surface area contributed by atoms with Crippen LogP contribution in [0.15, 0.2) is 30.5 Å². The lowest BCUT2D eigenvalue weighted by atomic mass is 10.0. The van der Waals surface area contributed by atoms with Crippen molar-refractivity contribution in [3.8, 4) is 0 Å². The number of aliphatic hydroxyl groups excluding tert-OH is 1. The Morgan fingerprint density at radius 1 is 1.19 bits per heavy atom. The minimum absolute atomic E-state index is 0.0506. The van der Waals surface area contributed by atoms with Gasteiger partial charge in [0, 0.05) is 30.5 Å². The molecule has 0 atom stereocenters. The molecule has 0 radical (unpaired) electrons. The van der Waals surface area contributed by atoms with E-state index in [-0.39, 0.29) is 18.0 Å². The molecule has 0 aliphatic rings. The maximum Gasteiger partial charge on any atom is 0.188 e. The third-order valence-corrected chi connectivity index (χ3v) is 5.97. The molecule has 0 saturated carbocycles. The van der Waals surface area contributed by atoms with E-state index in [9.17, 15) is 9.59 Å². The van der Waals surface area contributed by atoms with E-state index in [1.165, 1.54) is 11.3 Å². The fourth-order valence-corrected chi connectivity index (χ4v) is 4.06. The standard InChI is InChI=1S/C22H24ClN5O3S/c1-13-5-3-7-17(23)16(13)9-18(31)19-11-25-22(32-19)28-21-10-20(26-14(2)27-21)24-8-4-6-15(30)12-29/h3,5,7,10-11,29H,4,6,8-9,12H2,1-2H3,(H2,24,25,26,27,28). The van der Waals surface area contributed by atoms with Gasteiger partial charge in [-0.15, -0.1) is 0 Å². The van der Waals surface area contributed by atoms with E-state index < -0.39 is 6.61 Å². The summed E-state index contributed by atoms with van der Waals surface area (Å²) in [5, 5.41) is 16.2. The number of carbonyl (C=O) groups is 2. The van der Waals surface area contributed by atoms with Crippen LogP contribution in [-0.2, 0) is 11.2 Å². The summed E-state index contributed by atoms with van der Waals surface area (Å²) in [4.78, 5) is 37.4. The Balaban J connectivity index is 1.62. The van der Waals surface area contributed by atoms with Crippen molar-refractivity contribution in [3.05, 3.63) is 57.3 Å². The second kappa shape index (κ2) is 11.1. The van der Waals surface area contributed by atoms with Crippen molar-refractivity contribution >= 4 is 51.3 Å². The van der Waals surface area contributed by atoms with Crippen LogP contribution in [0.25, 0.3) is 0 Å². The molecule has 2 aromatic heterocycles. The van der Waals surface area contributed by atoms with Crippen molar-refractivity contribution in [2.45, 2.75) is 33.1 Å². The summed E-state index contributed by atoms with van der Waals surface area (Å²) < 4.78 is 0. The summed E-state index contributed by atoms with van der Waals surface area (Å²) in [6.45, 7) is 3.81. The van der Waals surface area contributed by atoms with E-state index in [1.807, 2.05) is 19.1 Å². The molecular weight excluding hydrogens is 450 g/mol. The third-order valence-electron chi connectivity index (χ3n) is 4.66. The number of nitrogens with one attached hydrogen (secondary N) is 2. The van der Waals surface area contributed by atoms with E-state index >= 15 is 0 Å². The van der Waals surface area contributed by atoms with Gasteiger partial charge in [-0.2, -0.15) is 0 Å². The number of aryl methyl sites for hydroxylation is 2. The van der Waals surface area contributed by atoms with Crippen LogP contribution in [0.3, 0.4) is 0 Å². The van der Waals surface area contributed by atoms with Crippen molar-refractivity contribution in [3.63, 3.8) is 0 Å². The number of hydrogen-bond donors (Lipinski definition) is 3. The number of rotatable bonds is 11. The largest absolute Gasteiger partial charge is 0.389 e. The Hall–Kier alpha value is -2.88. The Bertz CT molecular complexity index is 1100. The normalized spacial score (nSPS) is 10.8. The first-order valence-corrected chi connectivity index (χ1v) is 11.3. The quantitative estimate of drug-likeness (QED) is 0.281. The van der Waals surface area contributed by atoms with Gasteiger partial charge in [-0.25, -0.2) is 15.0 Å². The zero-order valence-electron chi connectivity index (χ0n) is 17.8. The highest BCUT2D eigenvalue weighted by molar-refractivity contribution is 7.17. The van der Waals surface area contributed by atoms with Gasteiger partial charge in [0.05, 0.1) is 11.1 Å². The number of nitrogens with zero attached hydrogens (tertiary/aromatic N) is 3. The molecule has 10 heteroatoms. The third kappa shape index (κ3) is 6.56. The number of aromatic nitrogens is 3. The number of Topliss-reactive ketones (excluding diaryl/α,β-unsaturated/α-hetero) is 2. The molecule has 8 nitrogen and oxygen atoms in total. The van der Waals surface area contributed by atoms with E-state index in [0.29, 0.717) is 51.9 Å². The highest BCUT2D eigenvalue weighted by Crippen LogP contribution is 2.26. The Labute approximate surface area is 195 Å². The SMILES string of the molecule is Cc1nc(NCCCC(=O)CO)cc(Nc2ncc(C(=O)Cc3c(C)cccc3Cl)s2)n1. The van der Waals surface area contributed by atoms with E-state index in [2.05, 4.69) is 25.6 Å². The number of anilines is 3. The van der Waals surface area contributed by atoms with E-state index in [1.54, 1.807) is 25.3 Å². The van der Waals surface area contributed by atoms with Gasteiger partial charge < -0.3 is 15.7 Å². The Kier molecular flexibility index (Phi) is 8.26. The molecule has 32 heavy (non-hydrogen) atoms. The monoisotopic (exact) mass is 473 g/mol. The van der Waals surface area contributed by atoms with E-state index in [0.717, 1.165) is 11.1 Å². The maximum absolute atomic E-state index is 12.7. The number of ketones is 2. The van der Waals surface area contributed by atoms with Crippen molar-refractivity contribution < 1.29 is 14.7 Å². The molecule has 0 bridgehead atoms. The van der Waals surface area contributed by atoms with Crippen LogP contribution in [0, 0.1) is 13.8 Å². The van der Waals surface area contributed by atoms with Gasteiger partial charge in [-0.05, 0) is 37.5 Å². The number of aliphatic hydroxyl groups is 1. The minimum atomic E-state index is -0.434. The number of halogens is 1. The van der Waals surface area contributed by atoms with Crippen LogP contribution in [0.2, 0.25) is 5.02 Å². The van der Waals surface area contributed by atoms with Crippen LogP contribution < -0.4 is 10.6 Å². The maximum atomic E-state index is 12.7. The fraction of sp³-hybridized carbons (Fsp3) is 0.318. The molecule has 0 amide bonds. The molecule has 0 saturated heterocycles. The van der Waals surface area contributed by atoms with Crippen LogP contribution in [0.5, 0.6) is 0 Å². The molecule has 1 aromatic carbocycles. The van der Waals surface area contributed by atoms with Crippen LogP contribution in [-0.4, -0.2) is 44.8 Å². The summed E-state index contributed by atoms with van der Waals surface area (Å²) in [5.41, 5.74) is 1.80. The highest BCUT2D eigenvalue weighted by Gasteiger charge is 2.15. The summed E-state index contributed by atoms with van der Waals surface area (Å²) in [7, 11) is 0. The summed E-state index contributed by atoms with van der Waals surface area (Å²) >= 11 is 7.50. The molecule has 0 spiro atoms. The lowest BCUT2D eigenvalue weighted by Crippen LogP contribution is -2.10. The topological polar surface area (TPSA) is 117 Å². The zero-order valence-corrected chi connectivity index (χ0v) is 19.4. The van der Waals surface area contributed by atoms with Gasteiger partial charge in [0.1, 0.15) is 24.1 Å². The van der Waals surface area contributed by atoms with Gasteiger partial charge in [-0.3, -0.25) is 9.59 Å². The second-order valence-corrected chi connectivity index (χ2v) is 8.64. The highest BCUT2D eigenvalue weighted by atomic mass is 35.5. The Morgan fingerprint density at radius 2 is 1.97 bits per heavy atom. The van der Waals surface area contributed by atoms with Crippen LogP contribution in [0.1, 0.15) is 39.5 Å². The van der Waals surface area contributed by atoms with Crippen molar-refractivity contribution in [2.75, 3.05) is 23.8 Å². The van der Waals surface area contributed by atoms with Gasteiger partial charge in [0.25, 0.3) is 0 Å². The van der Waals surface area contributed by atoms with Gasteiger partial charge in [-0.1, -0.05) is 35.1 Å². The Morgan fingerprint density at radius 3 is 2.72 bits per heavy atom. The first-order chi connectivity index (χ1) is 15.4. The molecular formula is C22H24ClN5O3S. The molecule has 168 valence electrons. The van der Waals surface area contributed by atoms with E-state index in [4.69, 9.17) is 16.7 Å². The van der Waals surface area contributed by atoms with Crippen molar-refractivity contribution in [1.29, 1.82) is 0 Å². The molecule has 3 N–H and O–H groups in total. The number of hydrogen-bond acceptors (Lipinski definition) is 9.